The molecule has 1 heterocycles. The van der Waals surface area contributed by atoms with E-state index in [4.69, 9.17) is 4.74 Å². The Morgan fingerprint density at radius 1 is 1.07 bits per heavy atom. The van der Waals surface area contributed by atoms with E-state index in [9.17, 15) is 0 Å². The molecule has 0 bridgehead atoms. The number of likely N-dealkylation sites (tertiary alicyclic amines) is 1. The molecule has 1 aliphatic heterocycles. The third-order valence-electron chi connectivity index (χ3n) is 5.97. The van der Waals surface area contributed by atoms with Crippen LogP contribution in [0.15, 0.2) is 59.6 Å². The second kappa shape index (κ2) is 10.5. The molecule has 30 heavy (non-hydrogen) atoms. The lowest BCUT2D eigenvalue weighted by molar-refractivity contribution is 0.198. The third kappa shape index (κ3) is 6.23. The Bertz CT molecular complexity index is 794. The topological polar surface area (TPSA) is 48.9 Å². The predicted molar refractivity (Wildman–Crippen MR) is 125 cm³/mol. The van der Waals surface area contributed by atoms with Gasteiger partial charge in [0.1, 0.15) is 5.75 Å². The zero-order valence-electron chi connectivity index (χ0n) is 18.8. The van der Waals surface area contributed by atoms with Gasteiger partial charge in [0.25, 0.3) is 0 Å². The first-order valence-electron chi connectivity index (χ1n) is 10.9. The second-order valence-corrected chi connectivity index (χ2v) is 8.72. The minimum atomic E-state index is -0.0110. The lowest BCUT2D eigenvalue weighted by Gasteiger charge is -2.34. The van der Waals surface area contributed by atoms with Crippen molar-refractivity contribution in [2.75, 3.05) is 33.8 Å². The summed E-state index contributed by atoms with van der Waals surface area (Å²) < 4.78 is 5.27. The number of hydrogen-bond donors (Lipinski definition) is 2. The van der Waals surface area contributed by atoms with Crippen molar-refractivity contribution in [1.29, 1.82) is 0 Å². The first-order valence-corrected chi connectivity index (χ1v) is 10.9. The number of benzene rings is 2. The Morgan fingerprint density at radius 2 is 1.73 bits per heavy atom. The molecule has 0 amide bonds. The van der Waals surface area contributed by atoms with Crippen LogP contribution >= 0.6 is 0 Å². The van der Waals surface area contributed by atoms with Crippen LogP contribution in [0.25, 0.3) is 0 Å². The Kier molecular flexibility index (Phi) is 7.75. The van der Waals surface area contributed by atoms with Crippen LogP contribution < -0.4 is 15.4 Å². The van der Waals surface area contributed by atoms with Crippen LogP contribution in [0.3, 0.4) is 0 Å². The molecule has 0 spiro atoms. The van der Waals surface area contributed by atoms with E-state index in [0.717, 1.165) is 50.7 Å². The summed E-state index contributed by atoms with van der Waals surface area (Å²) in [6, 6.07) is 19.5. The van der Waals surface area contributed by atoms with Gasteiger partial charge in [0.05, 0.1) is 7.11 Å². The zero-order valence-corrected chi connectivity index (χ0v) is 18.8. The molecule has 2 aromatic rings. The number of ether oxygens (including phenoxy) is 1. The van der Waals surface area contributed by atoms with Crippen LogP contribution in [0, 0.1) is 0 Å². The van der Waals surface area contributed by atoms with Crippen molar-refractivity contribution in [3.8, 4) is 5.75 Å². The van der Waals surface area contributed by atoms with E-state index in [1.54, 1.807) is 7.11 Å². The van der Waals surface area contributed by atoms with Crippen molar-refractivity contribution in [1.82, 2.24) is 15.5 Å². The van der Waals surface area contributed by atoms with E-state index in [0.29, 0.717) is 6.04 Å². The molecule has 0 radical (unpaired) electrons. The first-order chi connectivity index (χ1) is 14.5. The van der Waals surface area contributed by atoms with E-state index in [1.807, 2.05) is 19.2 Å². The number of hydrogen-bond acceptors (Lipinski definition) is 3. The van der Waals surface area contributed by atoms with Crippen LogP contribution in [-0.4, -0.2) is 50.7 Å². The van der Waals surface area contributed by atoms with E-state index < -0.39 is 0 Å². The molecule has 1 fully saturated rings. The van der Waals surface area contributed by atoms with Gasteiger partial charge in [0.15, 0.2) is 5.96 Å². The van der Waals surface area contributed by atoms with E-state index >= 15 is 0 Å². The van der Waals surface area contributed by atoms with Gasteiger partial charge in [-0.25, -0.2) is 0 Å². The lowest BCUT2D eigenvalue weighted by atomic mass is 9.84. The molecule has 5 heteroatoms. The van der Waals surface area contributed by atoms with Gasteiger partial charge in [-0.15, -0.1) is 0 Å². The Morgan fingerprint density at radius 3 is 2.33 bits per heavy atom. The van der Waals surface area contributed by atoms with Gasteiger partial charge in [-0.05, 0) is 36.1 Å². The van der Waals surface area contributed by atoms with Gasteiger partial charge in [0.2, 0.25) is 0 Å². The number of guanidine groups is 1. The van der Waals surface area contributed by atoms with Crippen LogP contribution in [0.2, 0.25) is 0 Å². The minimum absolute atomic E-state index is 0.0110. The molecule has 162 valence electrons. The molecular formula is C25H36N4O. The highest BCUT2D eigenvalue weighted by Crippen LogP contribution is 2.24. The first kappa shape index (κ1) is 22.2. The molecular weight excluding hydrogens is 372 g/mol. The van der Waals surface area contributed by atoms with Gasteiger partial charge < -0.3 is 15.4 Å². The number of rotatable bonds is 7. The molecule has 0 aromatic heterocycles. The minimum Gasteiger partial charge on any atom is -0.497 e. The molecule has 2 N–H and O–H groups in total. The van der Waals surface area contributed by atoms with E-state index in [2.05, 4.69) is 76.8 Å². The van der Waals surface area contributed by atoms with Crippen LogP contribution in [0.4, 0.5) is 0 Å². The molecule has 1 saturated heterocycles. The van der Waals surface area contributed by atoms with Crippen LogP contribution in [0.1, 0.15) is 37.8 Å². The molecule has 0 unspecified atom stereocenters. The van der Waals surface area contributed by atoms with Gasteiger partial charge in [-0.2, -0.15) is 0 Å². The second-order valence-electron chi connectivity index (χ2n) is 8.72. The summed E-state index contributed by atoms with van der Waals surface area (Å²) >= 11 is 0. The molecule has 3 rings (SSSR count). The van der Waals surface area contributed by atoms with Crippen molar-refractivity contribution in [2.45, 2.75) is 44.7 Å². The average molecular weight is 409 g/mol. The van der Waals surface area contributed by atoms with Gasteiger partial charge >= 0.3 is 0 Å². The number of piperidine rings is 1. The lowest BCUT2D eigenvalue weighted by Crippen LogP contribution is -2.50. The Labute approximate surface area is 181 Å². The fourth-order valence-corrected chi connectivity index (χ4v) is 3.91. The molecule has 5 nitrogen and oxygen atoms in total. The smallest absolute Gasteiger partial charge is 0.191 e. The Balaban J connectivity index is 1.45. The third-order valence-corrected chi connectivity index (χ3v) is 5.97. The van der Waals surface area contributed by atoms with E-state index in [-0.39, 0.29) is 5.41 Å². The Hall–Kier alpha value is -2.53. The maximum atomic E-state index is 5.27. The number of nitrogens with zero attached hydrogens (tertiary/aromatic N) is 2. The maximum absolute atomic E-state index is 5.27. The summed E-state index contributed by atoms with van der Waals surface area (Å²) in [4.78, 5) is 6.99. The maximum Gasteiger partial charge on any atom is 0.191 e. The average Bonchev–Trinajstić information content (AvgIpc) is 2.78. The molecule has 2 aromatic carbocycles. The predicted octanol–water partition coefficient (Wildman–Crippen LogP) is 3.80. The summed E-state index contributed by atoms with van der Waals surface area (Å²) in [6.45, 7) is 8.57. The highest BCUT2D eigenvalue weighted by atomic mass is 16.5. The van der Waals surface area contributed by atoms with Crippen molar-refractivity contribution >= 4 is 5.96 Å². The van der Waals surface area contributed by atoms with Crippen molar-refractivity contribution in [3.05, 3.63) is 65.7 Å². The van der Waals surface area contributed by atoms with Gasteiger partial charge in [0, 0.05) is 44.7 Å². The van der Waals surface area contributed by atoms with Gasteiger partial charge in [-0.1, -0.05) is 56.3 Å². The van der Waals surface area contributed by atoms with Crippen molar-refractivity contribution in [3.63, 3.8) is 0 Å². The van der Waals surface area contributed by atoms with E-state index in [1.165, 1.54) is 11.1 Å². The SMILES string of the molecule is CN=C(NCC(C)(C)c1ccc(OC)cc1)NC1CCN(Cc2ccccc2)CC1. The molecule has 0 atom stereocenters. The summed E-state index contributed by atoms with van der Waals surface area (Å²) in [5.74, 6) is 1.77. The normalized spacial score (nSPS) is 16.3. The summed E-state index contributed by atoms with van der Waals surface area (Å²) in [5.41, 5.74) is 2.66. The fourth-order valence-electron chi connectivity index (χ4n) is 3.91. The largest absolute Gasteiger partial charge is 0.497 e. The summed E-state index contributed by atoms with van der Waals surface area (Å²) in [6.07, 6.45) is 2.27. The fraction of sp³-hybridized carbons (Fsp3) is 0.480. The highest BCUT2D eigenvalue weighted by Gasteiger charge is 2.23. The molecule has 0 aliphatic carbocycles. The zero-order chi connectivity index (χ0) is 21.4. The van der Waals surface area contributed by atoms with Crippen molar-refractivity contribution in [2.24, 2.45) is 4.99 Å². The number of methoxy groups -OCH3 is 1. The molecule has 1 aliphatic rings. The monoisotopic (exact) mass is 408 g/mol. The standard InChI is InChI=1S/C25H36N4O/c1-25(2,21-10-12-23(30-4)13-11-21)19-27-24(26-3)28-22-14-16-29(17-15-22)18-20-8-6-5-7-9-20/h5-13,22H,14-19H2,1-4H3,(H2,26,27,28). The van der Waals surface area contributed by atoms with Crippen LogP contribution in [-0.2, 0) is 12.0 Å². The number of nitrogens with one attached hydrogen (secondary N) is 2. The summed E-state index contributed by atoms with van der Waals surface area (Å²) in [7, 11) is 3.55. The van der Waals surface area contributed by atoms with Gasteiger partial charge in [-0.3, -0.25) is 9.89 Å². The van der Waals surface area contributed by atoms with Crippen molar-refractivity contribution < 1.29 is 4.74 Å². The summed E-state index contributed by atoms with van der Waals surface area (Å²) in [5, 5.41) is 7.15. The quantitative estimate of drug-likeness (QED) is 0.540. The van der Waals surface area contributed by atoms with Crippen LogP contribution in [0.5, 0.6) is 5.75 Å². The molecule has 0 saturated carbocycles. The highest BCUT2D eigenvalue weighted by molar-refractivity contribution is 5.80. The number of aliphatic imine (C=N–C) groups is 1.